The molecular weight excluding hydrogens is 280 g/mol. The molecule has 3 rings (SSSR count). The summed E-state index contributed by atoms with van der Waals surface area (Å²) in [7, 11) is 0. The Morgan fingerprint density at radius 1 is 1.19 bits per heavy atom. The number of nitrogens with two attached hydrogens (primary N) is 1. The fourth-order valence-corrected chi connectivity index (χ4v) is 3.42. The van der Waals surface area contributed by atoms with Gasteiger partial charge in [-0.3, -0.25) is 0 Å². The molecule has 0 aliphatic carbocycles. The van der Waals surface area contributed by atoms with E-state index < -0.39 is 0 Å². The minimum absolute atomic E-state index is 0.0922. The molecule has 2 aromatic carbocycles. The van der Waals surface area contributed by atoms with Crippen molar-refractivity contribution >= 4 is 17.3 Å². The molecule has 2 N–H and O–H groups in total. The van der Waals surface area contributed by atoms with E-state index in [1.165, 1.54) is 16.8 Å². The zero-order valence-corrected chi connectivity index (χ0v) is 13.1. The zero-order chi connectivity index (χ0) is 14.8. The van der Waals surface area contributed by atoms with Crippen LogP contribution in [0.5, 0.6) is 0 Å². The summed E-state index contributed by atoms with van der Waals surface area (Å²) in [6.45, 7) is 3.16. The van der Waals surface area contributed by atoms with E-state index in [1.807, 2.05) is 18.2 Å². The van der Waals surface area contributed by atoms with Gasteiger partial charge in [0.2, 0.25) is 0 Å². The molecule has 110 valence electrons. The highest BCUT2D eigenvalue weighted by Gasteiger charge is 2.30. The second kappa shape index (κ2) is 6.08. The summed E-state index contributed by atoms with van der Waals surface area (Å²) in [6, 6.07) is 17.0. The SMILES string of the molecule is CCC(N)C(c1cccc(Cl)c1)N1CCc2ccccc21. The first-order chi connectivity index (χ1) is 10.2. The van der Waals surface area contributed by atoms with Crippen molar-refractivity contribution in [2.45, 2.75) is 31.8 Å². The zero-order valence-electron chi connectivity index (χ0n) is 12.3. The van der Waals surface area contributed by atoms with Gasteiger partial charge in [-0.25, -0.2) is 0 Å². The van der Waals surface area contributed by atoms with Gasteiger partial charge in [0, 0.05) is 23.3 Å². The van der Waals surface area contributed by atoms with Gasteiger partial charge in [0.15, 0.2) is 0 Å². The minimum Gasteiger partial charge on any atom is -0.362 e. The maximum Gasteiger partial charge on any atom is 0.0694 e. The molecule has 0 fully saturated rings. The van der Waals surface area contributed by atoms with Crippen LogP contribution >= 0.6 is 11.6 Å². The Balaban J connectivity index is 2.02. The average Bonchev–Trinajstić information content (AvgIpc) is 2.91. The van der Waals surface area contributed by atoms with Gasteiger partial charge >= 0.3 is 0 Å². The molecule has 2 atom stereocenters. The molecule has 21 heavy (non-hydrogen) atoms. The van der Waals surface area contributed by atoms with Crippen LogP contribution in [0.4, 0.5) is 5.69 Å². The van der Waals surface area contributed by atoms with Gasteiger partial charge in [0.05, 0.1) is 6.04 Å². The molecule has 1 heterocycles. The number of hydrogen-bond donors (Lipinski definition) is 1. The molecule has 0 amide bonds. The molecule has 0 saturated carbocycles. The normalized spacial score (nSPS) is 16.6. The Hall–Kier alpha value is -1.51. The number of benzene rings is 2. The summed E-state index contributed by atoms with van der Waals surface area (Å²) >= 11 is 6.18. The Labute approximate surface area is 131 Å². The minimum atomic E-state index is 0.0922. The van der Waals surface area contributed by atoms with Crippen molar-refractivity contribution < 1.29 is 0 Å². The van der Waals surface area contributed by atoms with Gasteiger partial charge in [-0.1, -0.05) is 48.9 Å². The molecule has 0 radical (unpaired) electrons. The third-order valence-electron chi connectivity index (χ3n) is 4.33. The Bertz CT molecular complexity index is 626. The predicted molar refractivity (Wildman–Crippen MR) is 90.0 cm³/mol. The van der Waals surface area contributed by atoms with Crippen molar-refractivity contribution in [3.8, 4) is 0 Å². The van der Waals surface area contributed by atoms with E-state index in [2.05, 4.69) is 42.2 Å². The van der Waals surface area contributed by atoms with Crippen LogP contribution in [0.2, 0.25) is 5.02 Å². The highest BCUT2D eigenvalue weighted by molar-refractivity contribution is 6.30. The predicted octanol–water partition coefficient (Wildman–Crippen LogP) is 4.18. The maximum absolute atomic E-state index is 6.45. The van der Waals surface area contributed by atoms with Gasteiger partial charge in [-0.05, 0) is 42.2 Å². The Morgan fingerprint density at radius 2 is 2.00 bits per heavy atom. The number of fused-ring (bicyclic) bond motifs is 1. The average molecular weight is 301 g/mol. The number of para-hydroxylation sites is 1. The largest absolute Gasteiger partial charge is 0.362 e. The third-order valence-corrected chi connectivity index (χ3v) is 4.56. The fourth-order valence-electron chi connectivity index (χ4n) is 3.22. The molecule has 2 nitrogen and oxygen atoms in total. The van der Waals surface area contributed by atoms with E-state index in [4.69, 9.17) is 17.3 Å². The lowest BCUT2D eigenvalue weighted by Crippen LogP contribution is -2.40. The number of rotatable bonds is 4. The molecule has 0 spiro atoms. The van der Waals surface area contributed by atoms with E-state index in [0.29, 0.717) is 0 Å². The summed E-state index contributed by atoms with van der Waals surface area (Å²) in [5, 5.41) is 0.772. The maximum atomic E-state index is 6.45. The molecule has 3 heteroatoms. The second-order valence-electron chi connectivity index (χ2n) is 5.64. The quantitative estimate of drug-likeness (QED) is 0.918. The smallest absolute Gasteiger partial charge is 0.0694 e. The van der Waals surface area contributed by atoms with Crippen molar-refractivity contribution in [1.82, 2.24) is 0 Å². The number of nitrogens with zero attached hydrogens (tertiary/aromatic N) is 1. The van der Waals surface area contributed by atoms with Crippen LogP contribution in [-0.4, -0.2) is 12.6 Å². The number of hydrogen-bond acceptors (Lipinski definition) is 2. The van der Waals surface area contributed by atoms with E-state index in [9.17, 15) is 0 Å². The summed E-state index contributed by atoms with van der Waals surface area (Å²) in [4.78, 5) is 2.44. The summed E-state index contributed by atoms with van der Waals surface area (Å²) in [6.07, 6.45) is 2.03. The Morgan fingerprint density at radius 3 is 2.76 bits per heavy atom. The van der Waals surface area contributed by atoms with E-state index in [0.717, 1.165) is 24.4 Å². The molecule has 0 aromatic heterocycles. The van der Waals surface area contributed by atoms with E-state index >= 15 is 0 Å². The van der Waals surface area contributed by atoms with E-state index in [1.54, 1.807) is 0 Å². The van der Waals surface area contributed by atoms with Gasteiger partial charge in [0.1, 0.15) is 0 Å². The highest BCUT2D eigenvalue weighted by atomic mass is 35.5. The van der Waals surface area contributed by atoms with Crippen molar-refractivity contribution in [1.29, 1.82) is 0 Å². The van der Waals surface area contributed by atoms with E-state index in [-0.39, 0.29) is 12.1 Å². The van der Waals surface area contributed by atoms with Crippen LogP contribution in [0, 0.1) is 0 Å². The lowest BCUT2D eigenvalue weighted by atomic mass is 9.96. The van der Waals surface area contributed by atoms with Crippen LogP contribution in [0.15, 0.2) is 48.5 Å². The van der Waals surface area contributed by atoms with Crippen molar-refractivity contribution in [2.24, 2.45) is 5.73 Å². The van der Waals surface area contributed by atoms with Crippen LogP contribution in [0.3, 0.4) is 0 Å². The second-order valence-corrected chi connectivity index (χ2v) is 6.08. The van der Waals surface area contributed by atoms with Crippen LogP contribution in [0.25, 0.3) is 0 Å². The van der Waals surface area contributed by atoms with Crippen LogP contribution < -0.4 is 10.6 Å². The molecule has 1 aliphatic rings. The Kier molecular flexibility index (Phi) is 4.18. The van der Waals surface area contributed by atoms with Gasteiger partial charge in [-0.2, -0.15) is 0 Å². The van der Waals surface area contributed by atoms with Gasteiger partial charge in [-0.15, -0.1) is 0 Å². The first-order valence-electron chi connectivity index (χ1n) is 7.56. The molecule has 2 aromatic rings. The van der Waals surface area contributed by atoms with Crippen molar-refractivity contribution in [3.05, 3.63) is 64.7 Å². The summed E-state index contributed by atoms with van der Waals surface area (Å²) < 4.78 is 0. The lowest BCUT2D eigenvalue weighted by Gasteiger charge is -2.35. The number of halogens is 1. The van der Waals surface area contributed by atoms with Crippen LogP contribution in [0.1, 0.15) is 30.5 Å². The first kappa shape index (κ1) is 14.4. The first-order valence-corrected chi connectivity index (χ1v) is 7.94. The third kappa shape index (κ3) is 2.78. The summed E-state index contributed by atoms with van der Waals surface area (Å²) in [5.74, 6) is 0. The molecule has 1 aliphatic heterocycles. The molecule has 0 saturated heterocycles. The van der Waals surface area contributed by atoms with Gasteiger partial charge in [0.25, 0.3) is 0 Å². The van der Waals surface area contributed by atoms with Crippen molar-refractivity contribution in [3.63, 3.8) is 0 Å². The molecule has 0 bridgehead atoms. The fraction of sp³-hybridized carbons (Fsp3) is 0.333. The molecular formula is C18H21ClN2. The van der Waals surface area contributed by atoms with Crippen molar-refractivity contribution in [2.75, 3.05) is 11.4 Å². The van der Waals surface area contributed by atoms with Gasteiger partial charge < -0.3 is 10.6 Å². The molecule has 2 unspecified atom stereocenters. The van der Waals surface area contributed by atoms with Crippen LogP contribution in [-0.2, 0) is 6.42 Å². The lowest BCUT2D eigenvalue weighted by molar-refractivity contribution is 0.498. The monoisotopic (exact) mass is 300 g/mol. The highest BCUT2D eigenvalue weighted by Crippen LogP contribution is 2.37. The topological polar surface area (TPSA) is 29.3 Å². The number of anilines is 1. The summed E-state index contributed by atoms with van der Waals surface area (Å²) in [5.41, 5.74) is 10.4. The standard InChI is InChI=1S/C18H21ClN2/c1-2-16(20)18(14-7-5-8-15(19)12-14)21-11-10-13-6-3-4-9-17(13)21/h3-9,12,16,18H,2,10-11,20H2,1H3.